The summed E-state index contributed by atoms with van der Waals surface area (Å²) in [6.45, 7) is 0.638. The summed E-state index contributed by atoms with van der Waals surface area (Å²) < 4.78 is 5.66. The van der Waals surface area contributed by atoms with E-state index in [0.717, 1.165) is 19.3 Å². The number of aliphatic hydroxyl groups excluding tert-OH is 1. The van der Waals surface area contributed by atoms with Crippen molar-refractivity contribution in [3.05, 3.63) is 59.7 Å². The van der Waals surface area contributed by atoms with E-state index in [0.29, 0.717) is 24.4 Å². The molecular formula is C23H25NO3. The summed E-state index contributed by atoms with van der Waals surface area (Å²) >= 11 is 0. The van der Waals surface area contributed by atoms with Crippen LogP contribution in [0.5, 0.6) is 0 Å². The summed E-state index contributed by atoms with van der Waals surface area (Å²) in [5.41, 5.74) is 4.95. The fourth-order valence-electron chi connectivity index (χ4n) is 5.59. The molecule has 0 spiro atoms. The van der Waals surface area contributed by atoms with Crippen LogP contribution in [0.25, 0.3) is 11.1 Å². The van der Waals surface area contributed by atoms with Gasteiger partial charge in [0.25, 0.3) is 0 Å². The maximum atomic E-state index is 12.4. The van der Waals surface area contributed by atoms with Gasteiger partial charge in [-0.2, -0.15) is 0 Å². The van der Waals surface area contributed by atoms with Crippen molar-refractivity contribution >= 4 is 6.09 Å². The second-order valence-corrected chi connectivity index (χ2v) is 8.25. The van der Waals surface area contributed by atoms with E-state index in [-0.39, 0.29) is 24.7 Å². The number of aliphatic hydroxyl groups is 1. The third-order valence-corrected chi connectivity index (χ3v) is 6.88. The average molecular weight is 363 g/mol. The summed E-state index contributed by atoms with van der Waals surface area (Å²) in [6, 6.07) is 16.9. The van der Waals surface area contributed by atoms with Gasteiger partial charge in [-0.1, -0.05) is 48.5 Å². The normalized spacial score (nSPS) is 28.0. The number of rotatable bonds is 4. The van der Waals surface area contributed by atoms with Crippen LogP contribution >= 0.6 is 0 Å². The zero-order valence-electron chi connectivity index (χ0n) is 15.3. The van der Waals surface area contributed by atoms with Crippen molar-refractivity contribution in [3.8, 4) is 11.1 Å². The third kappa shape index (κ3) is 2.83. The lowest BCUT2D eigenvalue weighted by Gasteiger charge is -2.27. The highest BCUT2D eigenvalue weighted by molar-refractivity contribution is 5.79. The van der Waals surface area contributed by atoms with Gasteiger partial charge in [-0.15, -0.1) is 0 Å². The Kier molecular flexibility index (Phi) is 4.16. The molecule has 0 aromatic heterocycles. The van der Waals surface area contributed by atoms with Crippen LogP contribution in [0.2, 0.25) is 0 Å². The van der Waals surface area contributed by atoms with Crippen molar-refractivity contribution in [3.63, 3.8) is 0 Å². The topological polar surface area (TPSA) is 58.6 Å². The molecule has 0 unspecified atom stereocenters. The molecule has 1 amide bonds. The second kappa shape index (κ2) is 6.68. The van der Waals surface area contributed by atoms with E-state index in [1.165, 1.54) is 22.3 Å². The SMILES string of the molecule is O=C(N[C@@H]1C[C@H]2C[C@@H]1C[C@H]2CO)OCC1c2ccccc2-c2ccccc21. The summed E-state index contributed by atoms with van der Waals surface area (Å²) in [7, 11) is 0. The zero-order chi connectivity index (χ0) is 18.4. The number of carbonyl (C=O) groups excluding carboxylic acids is 1. The van der Waals surface area contributed by atoms with Crippen molar-refractivity contribution < 1.29 is 14.6 Å². The molecule has 5 rings (SSSR count). The fraction of sp³-hybridized carbons (Fsp3) is 0.435. The van der Waals surface area contributed by atoms with Crippen LogP contribution in [0.15, 0.2) is 48.5 Å². The standard InChI is InChI=1S/C23H25NO3/c25-12-16-10-15-9-14(16)11-22(15)24-23(26)27-13-21-19-7-3-1-5-17(19)18-6-2-4-8-20(18)21/h1-8,14-16,21-22,25H,9-13H2,(H,24,26)/t14-,15-,16+,22-/m1/s1. The molecule has 2 bridgehead atoms. The molecule has 4 atom stereocenters. The van der Waals surface area contributed by atoms with Gasteiger partial charge in [0.1, 0.15) is 6.61 Å². The van der Waals surface area contributed by atoms with Crippen LogP contribution in [0.1, 0.15) is 36.3 Å². The van der Waals surface area contributed by atoms with Gasteiger partial charge in [-0.25, -0.2) is 4.79 Å². The van der Waals surface area contributed by atoms with Crippen molar-refractivity contribution in [2.24, 2.45) is 17.8 Å². The lowest BCUT2D eigenvalue weighted by molar-refractivity contribution is 0.127. The molecule has 2 N–H and O–H groups in total. The highest BCUT2D eigenvalue weighted by atomic mass is 16.5. The quantitative estimate of drug-likeness (QED) is 0.865. The van der Waals surface area contributed by atoms with E-state index in [4.69, 9.17) is 4.74 Å². The number of amides is 1. The number of hydrogen-bond acceptors (Lipinski definition) is 3. The Hall–Kier alpha value is -2.33. The highest BCUT2D eigenvalue weighted by Gasteiger charge is 2.46. The number of nitrogens with one attached hydrogen (secondary N) is 1. The first kappa shape index (κ1) is 16.8. The van der Waals surface area contributed by atoms with Gasteiger partial charge >= 0.3 is 6.09 Å². The Morgan fingerprint density at radius 1 is 0.963 bits per heavy atom. The van der Waals surface area contributed by atoms with Gasteiger partial charge in [-0.05, 0) is 59.3 Å². The number of hydrogen-bond donors (Lipinski definition) is 2. The van der Waals surface area contributed by atoms with Gasteiger partial charge in [0.15, 0.2) is 0 Å². The van der Waals surface area contributed by atoms with Crippen LogP contribution in [0, 0.1) is 17.8 Å². The van der Waals surface area contributed by atoms with Gasteiger partial charge in [-0.3, -0.25) is 0 Å². The molecule has 140 valence electrons. The molecule has 2 saturated carbocycles. The maximum Gasteiger partial charge on any atom is 0.407 e. The van der Waals surface area contributed by atoms with E-state index in [1.54, 1.807) is 0 Å². The Morgan fingerprint density at radius 3 is 2.22 bits per heavy atom. The van der Waals surface area contributed by atoms with Crippen molar-refractivity contribution in [2.45, 2.75) is 31.2 Å². The number of ether oxygens (including phenoxy) is 1. The molecule has 0 heterocycles. The van der Waals surface area contributed by atoms with E-state index in [1.807, 2.05) is 12.1 Å². The van der Waals surface area contributed by atoms with Crippen molar-refractivity contribution in [1.29, 1.82) is 0 Å². The van der Waals surface area contributed by atoms with E-state index >= 15 is 0 Å². The van der Waals surface area contributed by atoms with E-state index < -0.39 is 0 Å². The van der Waals surface area contributed by atoms with Crippen LogP contribution in [-0.4, -0.2) is 30.5 Å². The number of carbonyl (C=O) groups is 1. The third-order valence-electron chi connectivity index (χ3n) is 6.88. The van der Waals surface area contributed by atoms with Crippen LogP contribution in [0.3, 0.4) is 0 Å². The molecule has 2 aromatic rings. The molecule has 0 radical (unpaired) electrons. The van der Waals surface area contributed by atoms with E-state index in [9.17, 15) is 9.90 Å². The molecule has 0 aliphatic heterocycles. The summed E-state index contributed by atoms with van der Waals surface area (Å²) in [6.07, 6.45) is 2.81. The molecule has 27 heavy (non-hydrogen) atoms. The fourth-order valence-corrected chi connectivity index (χ4v) is 5.59. The first-order chi connectivity index (χ1) is 13.2. The smallest absolute Gasteiger partial charge is 0.407 e. The lowest BCUT2D eigenvalue weighted by Crippen LogP contribution is -2.40. The molecule has 2 aromatic carbocycles. The number of benzene rings is 2. The number of alkyl carbamates (subject to hydrolysis) is 1. The van der Waals surface area contributed by atoms with Gasteiger partial charge in [0.05, 0.1) is 0 Å². The predicted molar refractivity (Wildman–Crippen MR) is 103 cm³/mol. The largest absolute Gasteiger partial charge is 0.449 e. The van der Waals surface area contributed by atoms with Crippen molar-refractivity contribution in [1.82, 2.24) is 5.32 Å². The molecule has 3 aliphatic rings. The molecule has 3 aliphatic carbocycles. The lowest BCUT2D eigenvalue weighted by atomic mass is 9.86. The maximum absolute atomic E-state index is 12.4. The predicted octanol–water partition coefficient (Wildman–Crippen LogP) is 3.93. The van der Waals surface area contributed by atoms with Crippen LogP contribution in [-0.2, 0) is 4.74 Å². The van der Waals surface area contributed by atoms with Gasteiger partial charge < -0.3 is 15.2 Å². The van der Waals surface area contributed by atoms with Crippen LogP contribution in [0.4, 0.5) is 4.79 Å². The monoisotopic (exact) mass is 363 g/mol. The Morgan fingerprint density at radius 2 is 1.63 bits per heavy atom. The second-order valence-electron chi connectivity index (χ2n) is 8.25. The van der Waals surface area contributed by atoms with E-state index in [2.05, 4.69) is 41.7 Å². The Labute approximate surface area is 159 Å². The van der Waals surface area contributed by atoms with Crippen molar-refractivity contribution in [2.75, 3.05) is 13.2 Å². The summed E-state index contributed by atoms with van der Waals surface area (Å²) in [4.78, 5) is 12.4. The molecular weight excluding hydrogens is 338 g/mol. The van der Waals surface area contributed by atoms with Gasteiger partial charge in [0.2, 0.25) is 0 Å². The van der Waals surface area contributed by atoms with Crippen LogP contribution < -0.4 is 5.32 Å². The Balaban J connectivity index is 1.24. The highest BCUT2D eigenvalue weighted by Crippen LogP contribution is 2.48. The minimum absolute atomic E-state index is 0.0990. The number of fused-ring (bicyclic) bond motifs is 5. The minimum atomic E-state index is -0.310. The first-order valence-corrected chi connectivity index (χ1v) is 9.97. The zero-order valence-corrected chi connectivity index (χ0v) is 15.3. The average Bonchev–Trinajstić information content (AvgIpc) is 3.37. The summed E-state index contributed by atoms with van der Waals surface area (Å²) in [5, 5.41) is 12.5. The minimum Gasteiger partial charge on any atom is -0.449 e. The molecule has 4 heteroatoms. The summed E-state index contributed by atoms with van der Waals surface area (Å²) in [5.74, 6) is 1.57. The molecule has 2 fully saturated rings. The first-order valence-electron chi connectivity index (χ1n) is 9.97. The Bertz CT molecular complexity index is 819. The molecule has 0 saturated heterocycles. The van der Waals surface area contributed by atoms with Gasteiger partial charge in [0, 0.05) is 18.6 Å². The molecule has 4 nitrogen and oxygen atoms in total.